The molecule has 0 saturated heterocycles. The minimum Gasteiger partial charge on any atom is -0.456 e. The average Bonchev–Trinajstić information content (AvgIpc) is 3.34. The van der Waals surface area contributed by atoms with E-state index in [-0.39, 0.29) is 18.0 Å². The molecule has 1 aliphatic rings. The fourth-order valence-electron chi connectivity index (χ4n) is 3.46. The maximum atomic E-state index is 12.8. The number of nitrogens with zero attached hydrogens (tertiary/aromatic N) is 3. The fraction of sp³-hybridized carbons (Fsp3) is 0.200. The smallest absolute Gasteiger partial charge is 0.338 e. The van der Waals surface area contributed by atoms with Gasteiger partial charge >= 0.3 is 5.97 Å². The van der Waals surface area contributed by atoms with Gasteiger partial charge in [-0.2, -0.15) is 5.10 Å². The monoisotopic (exact) mass is 508 g/mol. The second-order valence-corrected chi connectivity index (χ2v) is 9.45. The predicted molar refractivity (Wildman–Crippen MR) is 139 cm³/mol. The molecule has 0 radical (unpaired) electrons. The lowest BCUT2D eigenvalue weighted by Crippen LogP contribution is -2.37. The van der Waals surface area contributed by atoms with E-state index < -0.39 is 11.6 Å². The Morgan fingerprint density at radius 2 is 1.83 bits per heavy atom. The van der Waals surface area contributed by atoms with Crippen LogP contribution in [0.4, 0.5) is 11.4 Å². The molecule has 0 aliphatic carbocycles. The van der Waals surface area contributed by atoms with E-state index in [1.54, 1.807) is 86.8 Å². The average molecular weight is 509 g/mol. The zero-order chi connectivity index (χ0) is 25.9. The molecule has 0 unspecified atom stereocenters. The number of carbonyl (C=O) groups is 2. The quantitative estimate of drug-likeness (QED) is 0.436. The number of anilines is 2. The van der Waals surface area contributed by atoms with Crippen molar-refractivity contribution in [1.29, 1.82) is 0 Å². The lowest BCUT2D eigenvalue weighted by Gasteiger charge is -2.19. The summed E-state index contributed by atoms with van der Waals surface area (Å²) < 4.78 is 6.63. The van der Waals surface area contributed by atoms with Crippen LogP contribution in [0.15, 0.2) is 70.7 Å². The number of pyridine rings is 1. The van der Waals surface area contributed by atoms with Gasteiger partial charge in [0.2, 0.25) is 5.91 Å². The Bertz CT molecular complexity index is 1380. The minimum absolute atomic E-state index is 0.181. The summed E-state index contributed by atoms with van der Waals surface area (Å²) in [5, 5.41) is 8.79. The normalized spacial score (nSPS) is 12.8. The molecule has 3 aromatic rings. The molecule has 0 saturated carbocycles. The van der Waals surface area contributed by atoms with Crippen LogP contribution in [0.2, 0.25) is 5.02 Å². The molecule has 10 nitrogen and oxygen atoms in total. The first-order chi connectivity index (χ1) is 17.1. The molecule has 0 bridgehead atoms. The number of halogens is 1. The number of amides is 1. The van der Waals surface area contributed by atoms with Crippen LogP contribution < -0.4 is 27.0 Å². The van der Waals surface area contributed by atoms with Crippen LogP contribution in [0.5, 0.6) is 0 Å². The van der Waals surface area contributed by atoms with Crippen molar-refractivity contribution < 1.29 is 14.3 Å². The number of esters is 1. The topological polar surface area (TPSA) is 117 Å². The molecule has 1 aromatic heterocycles. The van der Waals surface area contributed by atoms with Gasteiger partial charge in [0.25, 0.3) is 5.56 Å². The third-order valence-corrected chi connectivity index (χ3v) is 5.29. The highest BCUT2D eigenvalue weighted by Crippen LogP contribution is 2.32. The molecule has 11 heteroatoms. The van der Waals surface area contributed by atoms with E-state index in [2.05, 4.69) is 21.5 Å². The largest absolute Gasteiger partial charge is 0.456 e. The van der Waals surface area contributed by atoms with Crippen molar-refractivity contribution in [3.63, 3.8) is 0 Å². The van der Waals surface area contributed by atoms with Crippen LogP contribution in [-0.4, -0.2) is 28.4 Å². The first kappa shape index (κ1) is 25.0. The maximum absolute atomic E-state index is 12.8. The van der Waals surface area contributed by atoms with Gasteiger partial charge in [0.15, 0.2) is 0 Å². The fourth-order valence-corrected chi connectivity index (χ4v) is 3.63. The number of hydrazine groups is 2. The summed E-state index contributed by atoms with van der Waals surface area (Å²) in [4.78, 5) is 37.5. The highest BCUT2D eigenvalue weighted by Gasteiger charge is 2.18. The van der Waals surface area contributed by atoms with E-state index in [4.69, 9.17) is 16.3 Å². The molecule has 0 fully saturated rings. The minimum atomic E-state index is -0.600. The SMILES string of the molecule is CC(C)(C)OC(=O)c1ccc(NC(=O)Cn2ccc(-c3cc(Cl)ccc3N3C=NNN3)cc2=O)cc1. The van der Waals surface area contributed by atoms with Crippen LogP contribution in [0.3, 0.4) is 0 Å². The second-order valence-electron chi connectivity index (χ2n) is 9.01. The van der Waals surface area contributed by atoms with Gasteiger partial charge in [-0.1, -0.05) is 11.6 Å². The molecular weight excluding hydrogens is 484 g/mol. The van der Waals surface area contributed by atoms with Crippen molar-refractivity contribution in [2.24, 2.45) is 5.10 Å². The molecule has 1 amide bonds. The number of hydrogen-bond donors (Lipinski definition) is 3. The molecule has 2 aromatic carbocycles. The number of hydrazone groups is 1. The van der Waals surface area contributed by atoms with Gasteiger partial charge in [-0.05, 0) is 74.9 Å². The molecule has 1 aliphatic heterocycles. The van der Waals surface area contributed by atoms with Crippen molar-refractivity contribution in [2.75, 3.05) is 10.3 Å². The third-order valence-electron chi connectivity index (χ3n) is 5.05. The molecular formula is C25H25ClN6O4. The highest BCUT2D eigenvalue weighted by atomic mass is 35.5. The first-order valence-corrected chi connectivity index (χ1v) is 11.4. The Kier molecular flexibility index (Phi) is 7.09. The number of rotatable bonds is 6. The summed E-state index contributed by atoms with van der Waals surface area (Å²) in [6, 6.07) is 14.8. The molecule has 186 valence electrons. The zero-order valence-electron chi connectivity index (χ0n) is 19.9. The maximum Gasteiger partial charge on any atom is 0.338 e. The highest BCUT2D eigenvalue weighted by molar-refractivity contribution is 6.31. The summed E-state index contributed by atoms with van der Waals surface area (Å²) in [6.45, 7) is 5.19. The van der Waals surface area contributed by atoms with Gasteiger partial charge in [-0.15, -0.1) is 5.53 Å². The van der Waals surface area contributed by atoms with Crippen LogP contribution in [0.1, 0.15) is 31.1 Å². The van der Waals surface area contributed by atoms with E-state index in [0.29, 0.717) is 27.4 Å². The van der Waals surface area contributed by atoms with Crippen molar-refractivity contribution in [3.8, 4) is 11.1 Å². The van der Waals surface area contributed by atoms with Gasteiger partial charge in [0.05, 0.1) is 11.3 Å². The van der Waals surface area contributed by atoms with Crippen LogP contribution >= 0.6 is 11.6 Å². The standard InChI is InChI=1S/C25H25ClN6O4/c1-25(2,3)36-24(35)16-4-7-19(8-5-16)28-22(33)14-31-11-10-17(12-23(31)34)20-13-18(26)6-9-21(20)32-15-27-29-30-32/h4-13,15,29-30H,14H2,1-3H3,(H,28,33). The number of nitrogens with one attached hydrogen (secondary N) is 3. The summed E-state index contributed by atoms with van der Waals surface area (Å²) in [5.74, 6) is -0.833. The zero-order valence-corrected chi connectivity index (χ0v) is 20.7. The summed E-state index contributed by atoms with van der Waals surface area (Å²) in [5.41, 5.74) is 7.47. The Labute approximate surface area is 212 Å². The molecule has 0 spiro atoms. The van der Waals surface area contributed by atoms with E-state index in [9.17, 15) is 14.4 Å². The first-order valence-electron chi connectivity index (χ1n) is 11.1. The van der Waals surface area contributed by atoms with Crippen LogP contribution in [0, 0.1) is 0 Å². The van der Waals surface area contributed by atoms with E-state index >= 15 is 0 Å². The predicted octanol–water partition coefficient (Wildman–Crippen LogP) is 3.54. The summed E-state index contributed by atoms with van der Waals surface area (Å²) in [6.07, 6.45) is 3.11. The van der Waals surface area contributed by atoms with E-state index in [1.807, 2.05) is 0 Å². The molecule has 2 heterocycles. The third kappa shape index (κ3) is 6.09. The van der Waals surface area contributed by atoms with Gasteiger partial charge < -0.3 is 14.6 Å². The van der Waals surface area contributed by atoms with E-state index in [0.717, 1.165) is 5.69 Å². The van der Waals surface area contributed by atoms with E-state index in [1.165, 1.54) is 10.6 Å². The Balaban J connectivity index is 1.45. The summed E-state index contributed by atoms with van der Waals surface area (Å²) in [7, 11) is 0. The molecule has 36 heavy (non-hydrogen) atoms. The van der Waals surface area contributed by atoms with Crippen LogP contribution in [0.25, 0.3) is 11.1 Å². The second kappa shape index (κ2) is 10.2. The van der Waals surface area contributed by atoms with Crippen LogP contribution in [-0.2, 0) is 16.1 Å². The lowest BCUT2D eigenvalue weighted by atomic mass is 10.0. The van der Waals surface area contributed by atoms with Gasteiger partial charge in [-0.25, -0.2) is 15.3 Å². The molecule has 0 atom stereocenters. The number of hydrogen-bond acceptors (Lipinski definition) is 8. The van der Waals surface area contributed by atoms with Gasteiger partial charge in [0.1, 0.15) is 18.5 Å². The molecule has 4 rings (SSSR count). The Morgan fingerprint density at radius 3 is 2.47 bits per heavy atom. The Hall–Kier alpha value is -4.15. The number of ether oxygens (including phenoxy) is 1. The number of benzene rings is 2. The molecule has 3 N–H and O–H groups in total. The van der Waals surface area contributed by atoms with Crippen molar-refractivity contribution in [1.82, 2.24) is 15.6 Å². The van der Waals surface area contributed by atoms with Gasteiger partial charge in [-0.3, -0.25) is 9.59 Å². The number of aromatic nitrogens is 1. The number of carbonyl (C=O) groups excluding carboxylic acids is 2. The van der Waals surface area contributed by atoms with Crippen molar-refractivity contribution >= 4 is 41.2 Å². The summed E-state index contributed by atoms with van der Waals surface area (Å²) >= 11 is 6.20. The van der Waals surface area contributed by atoms with Gasteiger partial charge in [0, 0.05) is 28.5 Å². The Morgan fingerprint density at radius 1 is 1.08 bits per heavy atom. The van der Waals surface area contributed by atoms with Crippen molar-refractivity contribution in [3.05, 3.63) is 81.7 Å². The van der Waals surface area contributed by atoms with Crippen molar-refractivity contribution in [2.45, 2.75) is 32.9 Å². The lowest BCUT2D eigenvalue weighted by molar-refractivity contribution is -0.116.